The van der Waals surface area contributed by atoms with Gasteiger partial charge >= 0.3 is 19.7 Å². The van der Waals surface area contributed by atoms with Crippen LogP contribution in [0.1, 0.15) is 38.5 Å². The molecule has 0 saturated heterocycles. The molecule has 0 saturated carbocycles. The fraction of sp³-hybridized carbons (Fsp3) is 1.00. The minimum Gasteiger partial charge on any atom is -0.324 e. The minimum atomic E-state index is -5.51. The average molecular weight is 298 g/mol. The fourth-order valence-electron chi connectivity index (χ4n) is 1.34. The van der Waals surface area contributed by atoms with E-state index < -0.39 is 26.1 Å². The van der Waals surface area contributed by atoms with E-state index in [0.717, 1.165) is 0 Å². The first kappa shape index (κ1) is 17.8. The first-order valence-corrected chi connectivity index (χ1v) is 7.24. The molecule has 9 heteroatoms. The van der Waals surface area contributed by atoms with E-state index in [1.54, 1.807) is 0 Å². The van der Waals surface area contributed by atoms with E-state index in [4.69, 9.17) is 9.79 Å². The summed E-state index contributed by atoms with van der Waals surface area (Å²) in [6.45, 7) is 0. The molecule has 0 rings (SSSR count). The normalized spacial score (nSPS) is 13.9. The van der Waals surface area contributed by atoms with Crippen molar-refractivity contribution in [1.82, 2.24) is 0 Å². The molecule has 0 bridgehead atoms. The summed E-state index contributed by atoms with van der Waals surface area (Å²) >= 11 is 0. The Kier molecular flexibility index (Phi) is 6.74. The van der Waals surface area contributed by atoms with Crippen LogP contribution in [0.15, 0.2) is 0 Å². The third kappa shape index (κ3) is 8.00. The zero-order valence-corrected chi connectivity index (χ0v) is 10.5. The number of rotatable bonds is 8. The second-order valence-corrected chi connectivity index (χ2v) is 5.88. The zero-order valence-electron chi connectivity index (χ0n) is 9.59. The van der Waals surface area contributed by atoms with Gasteiger partial charge in [-0.1, -0.05) is 19.3 Å². The maximum absolute atomic E-state index is 12.4. The first-order chi connectivity index (χ1) is 7.96. The summed E-state index contributed by atoms with van der Waals surface area (Å²) in [6, 6.07) is 0. The number of hydrogen-bond donors (Lipinski definition) is 2. The molecule has 0 radical (unpaired) electrons. The van der Waals surface area contributed by atoms with Crippen LogP contribution in [0.25, 0.3) is 0 Å². The lowest BCUT2D eigenvalue weighted by Crippen LogP contribution is -2.36. The predicted octanol–water partition coefficient (Wildman–Crippen LogP) is 3.70. The largest absolute Gasteiger partial charge is 0.453 e. The Hall–Kier alpha value is -0.200. The summed E-state index contributed by atoms with van der Waals surface area (Å²) in [5.41, 5.74) is 0. The topological polar surface area (TPSA) is 57.5 Å². The monoisotopic (exact) mass is 298 g/mol. The molecule has 18 heavy (non-hydrogen) atoms. The highest BCUT2D eigenvalue weighted by Gasteiger charge is 2.56. The lowest BCUT2D eigenvalue weighted by atomic mass is 10.1. The van der Waals surface area contributed by atoms with Gasteiger partial charge < -0.3 is 9.79 Å². The summed E-state index contributed by atoms with van der Waals surface area (Å²) in [4.78, 5) is 17.0. The Morgan fingerprint density at radius 1 is 0.833 bits per heavy atom. The van der Waals surface area contributed by atoms with Crippen LogP contribution in [0.4, 0.5) is 22.0 Å². The number of hydrogen-bond acceptors (Lipinski definition) is 1. The molecule has 0 aromatic rings. The van der Waals surface area contributed by atoms with Gasteiger partial charge in [0, 0.05) is 12.6 Å². The molecule has 0 aromatic heterocycles. The standard InChI is InChI=1S/C9H16F5O3P/c10-8(11,9(12,13)14)6-4-2-1-3-5-7-18(15,16)17/h1-7H2,(H2,15,16,17). The quantitative estimate of drug-likeness (QED) is 0.408. The van der Waals surface area contributed by atoms with E-state index >= 15 is 0 Å². The summed E-state index contributed by atoms with van der Waals surface area (Å²) < 4.78 is 70.6. The van der Waals surface area contributed by atoms with Gasteiger partial charge in [-0.3, -0.25) is 4.57 Å². The van der Waals surface area contributed by atoms with Gasteiger partial charge in [-0.05, 0) is 12.8 Å². The van der Waals surface area contributed by atoms with Gasteiger partial charge in [0.15, 0.2) is 0 Å². The Balaban J connectivity index is 3.61. The van der Waals surface area contributed by atoms with Crippen LogP contribution in [-0.2, 0) is 4.57 Å². The maximum Gasteiger partial charge on any atom is 0.453 e. The molecule has 0 atom stereocenters. The Bertz CT molecular complexity index is 286. The molecule has 110 valence electrons. The molecule has 0 aliphatic carbocycles. The van der Waals surface area contributed by atoms with Crippen molar-refractivity contribution in [3.05, 3.63) is 0 Å². The van der Waals surface area contributed by atoms with Gasteiger partial charge in [-0.15, -0.1) is 0 Å². The van der Waals surface area contributed by atoms with Crippen molar-refractivity contribution < 1.29 is 36.3 Å². The smallest absolute Gasteiger partial charge is 0.324 e. The molecular formula is C9H16F5O3P. The molecule has 0 aromatic carbocycles. The van der Waals surface area contributed by atoms with Gasteiger partial charge in [-0.25, -0.2) is 0 Å². The molecule has 2 N–H and O–H groups in total. The fourth-order valence-corrected chi connectivity index (χ4v) is 1.97. The number of unbranched alkanes of at least 4 members (excludes halogenated alkanes) is 4. The molecule has 0 spiro atoms. The van der Waals surface area contributed by atoms with Crippen LogP contribution in [0, 0.1) is 0 Å². The summed E-state index contributed by atoms with van der Waals surface area (Å²) in [5.74, 6) is -4.65. The molecule has 0 amide bonds. The van der Waals surface area contributed by atoms with E-state index in [9.17, 15) is 26.5 Å². The third-order valence-corrected chi connectivity index (χ3v) is 3.25. The van der Waals surface area contributed by atoms with Crippen LogP contribution < -0.4 is 0 Å². The molecule has 0 aliphatic rings. The van der Waals surface area contributed by atoms with Crippen LogP contribution in [0.2, 0.25) is 0 Å². The molecule has 0 unspecified atom stereocenters. The SMILES string of the molecule is O=P(O)(O)CCCCCCCC(F)(F)C(F)(F)F. The third-order valence-electron chi connectivity index (χ3n) is 2.35. The van der Waals surface area contributed by atoms with Crippen molar-refractivity contribution in [2.75, 3.05) is 6.16 Å². The Morgan fingerprint density at radius 2 is 1.28 bits per heavy atom. The van der Waals surface area contributed by atoms with Crippen LogP contribution in [-0.4, -0.2) is 28.0 Å². The van der Waals surface area contributed by atoms with Crippen LogP contribution in [0.3, 0.4) is 0 Å². The van der Waals surface area contributed by atoms with Crippen molar-refractivity contribution in [1.29, 1.82) is 0 Å². The van der Waals surface area contributed by atoms with Crippen LogP contribution >= 0.6 is 7.60 Å². The van der Waals surface area contributed by atoms with E-state index in [1.165, 1.54) is 0 Å². The predicted molar refractivity (Wildman–Crippen MR) is 55.6 cm³/mol. The van der Waals surface area contributed by atoms with Gasteiger partial charge in [0.2, 0.25) is 0 Å². The van der Waals surface area contributed by atoms with Crippen molar-refractivity contribution in [2.45, 2.75) is 50.6 Å². The lowest BCUT2D eigenvalue weighted by Gasteiger charge is -2.19. The van der Waals surface area contributed by atoms with Crippen molar-refractivity contribution in [3.8, 4) is 0 Å². The maximum atomic E-state index is 12.4. The van der Waals surface area contributed by atoms with Gasteiger partial charge in [0.1, 0.15) is 0 Å². The van der Waals surface area contributed by atoms with E-state index in [2.05, 4.69) is 0 Å². The average Bonchev–Trinajstić information content (AvgIpc) is 2.12. The highest BCUT2D eigenvalue weighted by atomic mass is 31.2. The first-order valence-electron chi connectivity index (χ1n) is 5.45. The molecule has 0 heterocycles. The van der Waals surface area contributed by atoms with Crippen molar-refractivity contribution in [3.63, 3.8) is 0 Å². The van der Waals surface area contributed by atoms with Gasteiger partial charge in [-0.2, -0.15) is 22.0 Å². The Morgan fingerprint density at radius 3 is 1.72 bits per heavy atom. The summed E-state index contributed by atoms with van der Waals surface area (Å²) in [7, 11) is -4.04. The van der Waals surface area contributed by atoms with Gasteiger partial charge in [0.25, 0.3) is 0 Å². The van der Waals surface area contributed by atoms with Crippen molar-refractivity contribution >= 4 is 7.60 Å². The van der Waals surface area contributed by atoms with E-state index in [0.29, 0.717) is 12.8 Å². The van der Waals surface area contributed by atoms with Crippen LogP contribution in [0.5, 0.6) is 0 Å². The number of alkyl halides is 5. The minimum absolute atomic E-state index is 0.187. The van der Waals surface area contributed by atoms with E-state index in [1.807, 2.05) is 0 Å². The van der Waals surface area contributed by atoms with E-state index in [-0.39, 0.29) is 25.4 Å². The molecular weight excluding hydrogens is 282 g/mol. The summed E-state index contributed by atoms with van der Waals surface area (Å²) in [6.07, 6.45) is -6.08. The number of halogens is 5. The highest BCUT2D eigenvalue weighted by molar-refractivity contribution is 7.51. The second-order valence-electron chi connectivity index (χ2n) is 4.11. The second kappa shape index (κ2) is 6.82. The lowest BCUT2D eigenvalue weighted by molar-refractivity contribution is -0.284. The van der Waals surface area contributed by atoms with Crippen molar-refractivity contribution in [2.24, 2.45) is 0 Å². The zero-order chi connectivity index (χ0) is 14.4. The Labute approximate surface area is 102 Å². The molecule has 0 fully saturated rings. The molecule has 3 nitrogen and oxygen atoms in total. The summed E-state index contributed by atoms with van der Waals surface area (Å²) in [5, 5.41) is 0. The van der Waals surface area contributed by atoms with Gasteiger partial charge in [0.05, 0.1) is 0 Å². The highest BCUT2D eigenvalue weighted by Crippen LogP contribution is 2.39. The molecule has 0 aliphatic heterocycles.